The molecule has 0 amide bonds. The largest absolute Gasteiger partial charge is 0.465 e. The molecule has 0 spiro atoms. The second-order valence-corrected chi connectivity index (χ2v) is 9.34. The summed E-state index contributed by atoms with van der Waals surface area (Å²) in [5, 5.41) is 0. The zero-order valence-electron chi connectivity index (χ0n) is 21.8. The predicted octanol–water partition coefficient (Wildman–Crippen LogP) is 8.56. The molecular weight excluding hydrogens is 431 g/mol. The Balaban J connectivity index is 2.19. The first-order valence-electron chi connectivity index (χ1n) is 13.7. The second-order valence-electron chi connectivity index (χ2n) is 9.34. The maximum atomic E-state index is 13.9. The number of halogens is 1. The van der Waals surface area contributed by atoms with Crippen LogP contribution in [0.3, 0.4) is 0 Å². The molecule has 0 aliphatic carbocycles. The summed E-state index contributed by atoms with van der Waals surface area (Å²) >= 11 is 0. The van der Waals surface area contributed by atoms with Crippen LogP contribution in [0.4, 0.5) is 4.39 Å². The van der Waals surface area contributed by atoms with Crippen LogP contribution < -0.4 is 4.74 Å². The molecule has 0 saturated heterocycles. The molecule has 0 unspecified atom stereocenters. The van der Waals surface area contributed by atoms with E-state index in [0.29, 0.717) is 6.61 Å². The van der Waals surface area contributed by atoms with Gasteiger partial charge in [0.15, 0.2) is 17.0 Å². The summed E-state index contributed by atoms with van der Waals surface area (Å²) in [7, 11) is 0. The summed E-state index contributed by atoms with van der Waals surface area (Å²) in [6, 6.07) is 5.70. The summed E-state index contributed by atoms with van der Waals surface area (Å²) in [4.78, 5) is 25.5. The van der Waals surface area contributed by atoms with Gasteiger partial charge < -0.3 is 9.47 Å². The molecule has 0 aliphatic rings. The third-order valence-corrected chi connectivity index (χ3v) is 6.76. The second kappa shape index (κ2) is 18.4. The van der Waals surface area contributed by atoms with E-state index in [9.17, 15) is 14.0 Å². The van der Waals surface area contributed by atoms with Crippen molar-refractivity contribution >= 4 is 11.9 Å². The number of esters is 2. The fraction of sp³-hybridized carbons (Fsp3) is 0.724. The van der Waals surface area contributed by atoms with Gasteiger partial charge in [0, 0.05) is 0 Å². The van der Waals surface area contributed by atoms with Gasteiger partial charge in [0.05, 0.1) is 6.61 Å². The molecule has 0 radical (unpaired) electrons. The molecule has 0 N–H and O–H groups in total. The molecule has 4 nitrogen and oxygen atoms in total. The van der Waals surface area contributed by atoms with E-state index in [-0.39, 0.29) is 18.6 Å². The van der Waals surface area contributed by atoms with E-state index < -0.39 is 23.2 Å². The highest BCUT2D eigenvalue weighted by molar-refractivity contribution is 6.00. The molecule has 5 heteroatoms. The third kappa shape index (κ3) is 11.0. The Kier molecular flexibility index (Phi) is 16.3. The number of carbonyl (C=O) groups excluding carboxylic acids is 2. The number of hydrogen-bond donors (Lipinski definition) is 0. The van der Waals surface area contributed by atoms with Crippen LogP contribution in [0.5, 0.6) is 5.75 Å². The fourth-order valence-corrected chi connectivity index (χ4v) is 4.24. The molecule has 0 aromatic heterocycles. The predicted molar refractivity (Wildman–Crippen MR) is 136 cm³/mol. The van der Waals surface area contributed by atoms with E-state index in [1.165, 1.54) is 88.8 Å². The Hall–Kier alpha value is -1.91. The van der Waals surface area contributed by atoms with Crippen LogP contribution in [0.1, 0.15) is 124 Å². The normalized spacial score (nSPS) is 11.4. The van der Waals surface area contributed by atoms with Gasteiger partial charge in [0.25, 0.3) is 0 Å². The highest BCUT2D eigenvalue weighted by Crippen LogP contribution is 2.31. The SMILES string of the molecule is CCCCCCCCCCCCCCCCOC(=O)C(CC)(CC)C(=O)Oc1ccccc1F. The Morgan fingerprint density at radius 2 is 1.18 bits per heavy atom. The van der Waals surface area contributed by atoms with Crippen LogP contribution in [-0.4, -0.2) is 18.5 Å². The van der Waals surface area contributed by atoms with Gasteiger partial charge in [0.1, 0.15) is 0 Å². The number of ether oxygens (including phenoxy) is 2. The first-order chi connectivity index (χ1) is 16.5. The standard InChI is InChI=1S/C29H47FO4/c1-4-7-8-9-10-11-12-13-14-15-16-17-18-21-24-33-27(31)29(5-2,6-3)28(32)34-26-23-20-19-22-25(26)30/h19-20,22-23H,4-18,21,24H2,1-3H3. The minimum atomic E-state index is -1.40. The molecule has 0 heterocycles. The molecule has 1 aromatic rings. The van der Waals surface area contributed by atoms with Gasteiger partial charge in [-0.2, -0.15) is 0 Å². The number of para-hydroxylation sites is 1. The zero-order chi connectivity index (χ0) is 25.1. The van der Waals surface area contributed by atoms with Crippen LogP contribution in [0.25, 0.3) is 0 Å². The van der Waals surface area contributed by atoms with Gasteiger partial charge >= 0.3 is 11.9 Å². The van der Waals surface area contributed by atoms with Gasteiger partial charge in [-0.3, -0.25) is 9.59 Å². The molecule has 0 fully saturated rings. The van der Waals surface area contributed by atoms with E-state index in [0.717, 1.165) is 19.3 Å². The molecule has 0 bridgehead atoms. The molecule has 1 rings (SSSR count). The molecule has 194 valence electrons. The first kappa shape index (κ1) is 30.1. The van der Waals surface area contributed by atoms with Crippen molar-refractivity contribution in [1.29, 1.82) is 0 Å². The van der Waals surface area contributed by atoms with E-state index >= 15 is 0 Å². The molecule has 1 aromatic carbocycles. The van der Waals surface area contributed by atoms with Crippen molar-refractivity contribution in [3.8, 4) is 5.75 Å². The zero-order valence-corrected chi connectivity index (χ0v) is 21.8. The van der Waals surface area contributed by atoms with Crippen LogP contribution in [0.2, 0.25) is 0 Å². The highest BCUT2D eigenvalue weighted by Gasteiger charge is 2.46. The van der Waals surface area contributed by atoms with E-state index in [1.807, 2.05) is 0 Å². The van der Waals surface area contributed by atoms with Crippen molar-refractivity contribution in [2.75, 3.05) is 6.61 Å². The lowest BCUT2D eigenvalue weighted by atomic mass is 9.82. The number of unbranched alkanes of at least 4 members (excludes halogenated alkanes) is 13. The Morgan fingerprint density at radius 3 is 1.65 bits per heavy atom. The molecule has 34 heavy (non-hydrogen) atoms. The van der Waals surface area contributed by atoms with Gasteiger partial charge in [0.2, 0.25) is 0 Å². The maximum Gasteiger partial charge on any atom is 0.328 e. The lowest BCUT2D eigenvalue weighted by Crippen LogP contribution is -2.42. The summed E-state index contributed by atoms with van der Waals surface area (Å²) in [5.74, 6) is -2.13. The molecular formula is C29H47FO4. The Morgan fingerprint density at radius 1 is 0.706 bits per heavy atom. The smallest absolute Gasteiger partial charge is 0.328 e. The van der Waals surface area contributed by atoms with E-state index in [4.69, 9.17) is 9.47 Å². The van der Waals surface area contributed by atoms with E-state index in [1.54, 1.807) is 19.9 Å². The summed E-state index contributed by atoms with van der Waals surface area (Å²) in [5.41, 5.74) is -1.40. The van der Waals surface area contributed by atoms with Crippen molar-refractivity contribution in [2.45, 2.75) is 124 Å². The van der Waals surface area contributed by atoms with Gasteiger partial charge in [-0.25, -0.2) is 4.39 Å². The first-order valence-corrected chi connectivity index (χ1v) is 13.7. The number of hydrogen-bond acceptors (Lipinski definition) is 4. The van der Waals surface area contributed by atoms with Crippen molar-refractivity contribution in [2.24, 2.45) is 5.41 Å². The number of rotatable bonds is 20. The minimum absolute atomic E-state index is 0.168. The van der Waals surface area contributed by atoms with Gasteiger partial charge in [-0.15, -0.1) is 0 Å². The van der Waals surface area contributed by atoms with Crippen LogP contribution in [0, 0.1) is 11.2 Å². The van der Waals surface area contributed by atoms with Gasteiger partial charge in [-0.1, -0.05) is 116 Å². The van der Waals surface area contributed by atoms with Crippen molar-refractivity contribution < 1.29 is 23.5 Å². The van der Waals surface area contributed by atoms with Crippen LogP contribution >= 0.6 is 0 Å². The van der Waals surface area contributed by atoms with E-state index in [2.05, 4.69) is 6.92 Å². The topological polar surface area (TPSA) is 52.6 Å². The van der Waals surface area contributed by atoms with Gasteiger partial charge in [-0.05, 0) is 31.4 Å². The number of carbonyl (C=O) groups is 2. The summed E-state index contributed by atoms with van der Waals surface area (Å²) in [6.07, 6.45) is 18.1. The molecule has 0 atom stereocenters. The Bertz CT molecular complexity index is 684. The minimum Gasteiger partial charge on any atom is -0.465 e. The highest BCUT2D eigenvalue weighted by atomic mass is 19.1. The third-order valence-electron chi connectivity index (χ3n) is 6.76. The quantitative estimate of drug-likeness (QED) is 0.0815. The molecule has 0 saturated carbocycles. The maximum absolute atomic E-state index is 13.9. The Labute approximate surface area is 207 Å². The van der Waals surface area contributed by atoms with Crippen LogP contribution in [-0.2, 0) is 14.3 Å². The molecule has 0 aliphatic heterocycles. The fourth-order valence-electron chi connectivity index (χ4n) is 4.24. The van der Waals surface area contributed by atoms with Crippen molar-refractivity contribution in [3.63, 3.8) is 0 Å². The van der Waals surface area contributed by atoms with Crippen molar-refractivity contribution in [3.05, 3.63) is 30.1 Å². The number of benzene rings is 1. The monoisotopic (exact) mass is 478 g/mol. The lowest BCUT2D eigenvalue weighted by Gasteiger charge is -2.26. The van der Waals surface area contributed by atoms with Crippen LogP contribution in [0.15, 0.2) is 24.3 Å². The summed E-state index contributed by atoms with van der Waals surface area (Å²) < 4.78 is 24.5. The van der Waals surface area contributed by atoms with Crippen molar-refractivity contribution in [1.82, 2.24) is 0 Å². The summed E-state index contributed by atoms with van der Waals surface area (Å²) in [6.45, 7) is 6.05. The lowest BCUT2D eigenvalue weighted by molar-refractivity contribution is -0.168. The average Bonchev–Trinajstić information content (AvgIpc) is 2.84. The average molecular weight is 479 g/mol.